The van der Waals surface area contributed by atoms with Gasteiger partial charge < -0.3 is 15.2 Å². The Kier molecular flexibility index (Phi) is 5.54. The van der Waals surface area contributed by atoms with Gasteiger partial charge in [0.05, 0.1) is 0 Å². The second-order valence-corrected chi connectivity index (χ2v) is 5.73. The maximum absolute atomic E-state index is 12.5. The van der Waals surface area contributed by atoms with E-state index in [0.717, 1.165) is 25.9 Å². The smallest absolute Gasteiger partial charge is 0.293 e. The highest BCUT2D eigenvalue weighted by atomic mass is 16.1. The van der Waals surface area contributed by atoms with E-state index < -0.39 is 0 Å². The summed E-state index contributed by atoms with van der Waals surface area (Å²) in [7, 11) is 0. The lowest BCUT2D eigenvalue weighted by molar-refractivity contribution is 0.382. The molecule has 0 atom stereocenters. The Bertz CT molecular complexity index is 447. The third kappa shape index (κ3) is 4.06. The number of hydrogen-bond acceptors (Lipinski definition) is 4. The average Bonchev–Trinajstić information content (AvgIpc) is 2.33. The zero-order valence-electron chi connectivity index (χ0n) is 12.5. The molecule has 0 aliphatic rings. The van der Waals surface area contributed by atoms with Gasteiger partial charge in [-0.05, 0) is 40.2 Å². The SMILES string of the molecule is CCCN(CCCN)c1nccn(C(C)(C)C)c1=O. The molecule has 0 bridgehead atoms. The van der Waals surface area contributed by atoms with Gasteiger partial charge in [-0.3, -0.25) is 4.79 Å². The topological polar surface area (TPSA) is 64.2 Å². The summed E-state index contributed by atoms with van der Waals surface area (Å²) in [4.78, 5) is 18.8. The molecular formula is C14H26N4O. The molecule has 0 spiro atoms. The molecule has 108 valence electrons. The fraction of sp³-hybridized carbons (Fsp3) is 0.714. The minimum absolute atomic E-state index is 0.0273. The van der Waals surface area contributed by atoms with E-state index in [4.69, 9.17) is 5.73 Å². The molecule has 1 rings (SSSR count). The van der Waals surface area contributed by atoms with E-state index >= 15 is 0 Å². The van der Waals surface area contributed by atoms with E-state index in [1.165, 1.54) is 0 Å². The van der Waals surface area contributed by atoms with Gasteiger partial charge in [-0.15, -0.1) is 0 Å². The van der Waals surface area contributed by atoms with Gasteiger partial charge in [-0.2, -0.15) is 0 Å². The lowest BCUT2D eigenvalue weighted by atomic mass is 10.1. The first-order valence-corrected chi connectivity index (χ1v) is 6.95. The molecule has 19 heavy (non-hydrogen) atoms. The molecule has 0 fully saturated rings. The van der Waals surface area contributed by atoms with Crippen molar-refractivity contribution in [1.82, 2.24) is 9.55 Å². The standard InChI is InChI=1S/C14H26N4O/c1-5-9-17(10-6-7-15)12-13(19)18(11-8-16-12)14(2,3)4/h8,11H,5-7,9-10,15H2,1-4H3. The Labute approximate surface area is 115 Å². The summed E-state index contributed by atoms with van der Waals surface area (Å²) >= 11 is 0. The van der Waals surface area contributed by atoms with Crippen LogP contribution in [0.15, 0.2) is 17.2 Å². The van der Waals surface area contributed by atoms with Crippen LogP contribution in [0, 0.1) is 0 Å². The van der Waals surface area contributed by atoms with Crippen molar-refractivity contribution in [3.05, 3.63) is 22.7 Å². The molecule has 1 aromatic heterocycles. The lowest BCUT2D eigenvalue weighted by Crippen LogP contribution is -2.39. The van der Waals surface area contributed by atoms with Crippen molar-refractivity contribution in [3.63, 3.8) is 0 Å². The van der Waals surface area contributed by atoms with E-state index in [9.17, 15) is 4.79 Å². The van der Waals surface area contributed by atoms with Crippen molar-refractivity contribution in [2.75, 3.05) is 24.5 Å². The van der Waals surface area contributed by atoms with Crippen LogP contribution in [-0.4, -0.2) is 29.2 Å². The number of anilines is 1. The van der Waals surface area contributed by atoms with Gasteiger partial charge in [0.1, 0.15) is 0 Å². The molecule has 1 aromatic rings. The van der Waals surface area contributed by atoms with Crippen LogP contribution in [0.2, 0.25) is 0 Å². The van der Waals surface area contributed by atoms with Crippen molar-refractivity contribution >= 4 is 5.82 Å². The Morgan fingerprint density at radius 1 is 1.37 bits per heavy atom. The molecule has 5 heteroatoms. The molecule has 0 unspecified atom stereocenters. The largest absolute Gasteiger partial charge is 0.352 e. The predicted octanol–water partition coefficient (Wildman–Crippen LogP) is 1.56. The summed E-state index contributed by atoms with van der Waals surface area (Å²) < 4.78 is 1.74. The quantitative estimate of drug-likeness (QED) is 0.848. The average molecular weight is 266 g/mol. The minimum atomic E-state index is -0.236. The second-order valence-electron chi connectivity index (χ2n) is 5.73. The minimum Gasteiger partial charge on any atom is -0.352 e. The number of nitrogens with two attached hydrogens (primary N) is 1. The van der Waals surface area contributed by atoms with Crippen LogP contribution in [0.25, 0.3) is 0 Å². The first-order chi connectivity index (χ1) is 8.91. The van der Waals surface area contributed by atoms with E-state index in [1.54, 1.807) is 17.0 Å². The Hall–Kier alpha value is -1.36. The van der Waals surface area contributed by atoms with Gasteiger partial charge in [0.15, 0.2) is 5.82 Å². The van der Waals surface area contributed by atoms with E-state index in [1.807, 2.05) is 25.7 Å². The monoisotopic (exact) mass is 266 g/mol. The number of aromatic nitrogens is 2. The molecule has 1 heterocycles. The zero-order valence-corrected chi connectivity index (χ0v) is 12.5. The molecule has 0 aliphatic heterocycles. The molecule has 0 saturated heterocycles. The van der Waals surface area contributed by atoms with Crippen LogP contribution in [0.4, 0.5) is 5.82 Å². The highest BCUT2D eigenvalue weighted by Gasteiger charge is 2.19. The highest BCUT2D eigenvalue weighted by Crippen LogP contribution is 2.13. The molecule has 0 radical (unpaired) electrons. The third-order valence-electron chi connectivity index (χ3n) is 2.97. The van der Waals surface area contributed by atoms with E-state index in [0.29, 0.717) is 12.4 Å². The molecule has 5 nitrogen and oxygen atoms in total. The first kappa shape index (κ1) is 15.7. The normalized spacial score (nSPS) is 11.6. The lowest BCUT2D eigenvalue weighted by Gasteiger charge is -2.26. The number of hydrogen-bond donors (Lipinski definition) is 1. The number of nitrogens with zero attached hydrogens (tertiary/aromatic N) is 3. The molecule has 0 aromatic carbocycles. The predicted molar refractivity (Wildman–Crippen MR) is 79.7 cm³/mol. The van der Waals surface area contributed by atoms with Crippen LogP contribution in [-0.2, 0) is 5.54 Å². The maximum atomic E-state index is 12.5. The van der Waals surface area contributed by atoms with Crippen LogP contribution in [0.1, 0.15) is 40.5 Å². The summed E-state index contributed by atoms with van der Waals surface area (Å²) in [6.45, 7) is 10.4. The van der Waals surface area contributed by atoms with Crippen LogP contribution < -0.4 is 16.2 Å². The fourth-order valence-electron chi connectivity index (χ4n) is 2.02. The fourth-order valence-corrected chi connectivity index (χ4v) is 2.02. The van der Waals surface area contributed by atoms with Gasteiger partial charge in [0.25, 0.3) is 5.56 Å². The van der Waals surface area contributed by atoms with Crippen molar-refractivity contribution in [1.29, 1.82) is 0 Å². The van der Waals surface area contributed by atoms with Crippen molar-refractivity contribution in [3.8, 4) is 0 Å². The zero-order chi connectivity index (χ0) is 14.5. The Morgan fingerprint density at radius 3 is 2.58 bits per heavy atom. The number of rotatable bonds is 6. The summed E-state index contributed by atoms with van der Waals surface area (Å²) in [5, 5.41) is 0. The van der Waals surface area contributed by atoms with Crippen LogP contribution in [0.5, 0.6) is 0 Å². The molecule has 0 amide bonds. The second kappa shape index (κ2) is 6.70. The van der Waals surface area contributed by atoms with Gasteiger partial charge >= 0.3 is 0 Å². The van der Waals surface area contributed by atoms with Crippen molar-refractivity contribution < 1.29 is 0 Å². The molecule has 0 saturated carbocycles. The summed E-state index contributed by atoms with van der Waals surface area (Å²) in [6.07, 6.45) is 5.30. The van der Waals surface area contributed by atoms with Gasteiger partial charge in [0, 0.05) is 31.0 Å². The van der Waals surface area contributed by atoms with Crippen molar-refractivity contribution in [2.45, 2.75) is 46.1 Å². The molecular weight excluding hydrogens is 240 g/mol. The van der Waals surface area contributed by atoms with Crippen molar-refractivity contribution in [2.24, 2.45) is 5.73 Å². The molecule has 2 N–H and O–H groups in total. The van der Waals surface area contributed by atoms with E-state index in [-0.39, 0.29) is 11.1 Å². The third-order valence-corrected chi connectivity index (χ3v) is 2.97. The summed E-state index contributed by atoms with van der Waals surface area (Å²) in [5.74, 6) is 0.535. The van der Waals surface area contributed by atoms with Crippen LogP contribution in [0.3, 0.4) is 0 Å². The maximum Gasteiger partial charge on any atom is 0.293 e. The van der Waals surface area contributed by atoms with Gasteiger partial charge in [0.2, 0.25) is 0 Å². The highest BCUT2D eigenvalue weighted by molar-refractivity contribution is 5.35. The first-order valence-electron chi connectivity index (χ1n) is 6.95. The summed E-state index contributed by atoms with van der Waals surface area (Å²) in [5.41, 5.74) is 5.29. The van der Waals surface area contributed by atoms with Crippen LogP contribution >= 0.6 is 0 Å². The summed E-state index contributed by atoms with van der Waals surface area (Å²) in [6, 6.07) is 0. The van der Waals surface area contributed by atoms with E-state index in [2.05, 4.69) is 11.9 Å². The Balaban J connectivity index is 3.13. The van der Waals surface area contributed by atoms with Gasteiger partial charge in [-0.1, -0.05) is 6.92 Å². The Morgan fingerprint density at radius 2 is 2.05 bits per heavy atom. The molecule has 0 aliphatic carbocycles. The van der Waals surface area contributed by atoms with Gasteiger partial charge in [-0.25, -0.2) is 4.98 Å².